The number of benzene rings is 2. The first-order valence-corrected chi connectivity index (χ1v) is 17.6. The van der Waals surface area contributed by atoms with Crippen LogP contribution in [-0.2, 0) is 24.3 Å². The minimum atomic E-state index is -5.08. The van der Waals surface area contributed by atoms with Gasteiger partial charge in [-0.15, -0.1) is 0 Å². The SMILES string of the molecule is CCC(C)=C=[N-].CCC(C)=C=[N-].Cc1cc(C)c(N2[CH+]N(c3c(C)cc(C)cc3C)CC2)c(C)c1.O=C(O)C(F)(F)F.[CH2-]N=NC(C)C.[CH2-]N=NC(C)C.[Ru+3]. The van der Waals surface area contributed by atoms with Crippen molar-refractivity contribution in [1.29, 1.82) is 0 Å². The Bertz CT molecular complexity index is 1430. The first-order chi connectivity index (χ1) is 25.0. The van der Waals surface area contributed by atoms with Crippen molar-refractivity contribution >= 4 is 29.1 Å². The molecule has 3 rings (SSSR count). The molecule has 1 aliphatic heterocycles. The van der Waals surface area contributed by atoms with E-state index in [1.54, 1.807) is 0 Å². The molecule has 0 atom stereocenters. The van der Waals surface area contributed by atoms with E-state index < -0.39 is 12.1 Å². The Hall–Kier alpha value is -4.37. The maximum atomic E-state index is 10.6. The fraction of sp³-hybridized carbons (Fsp3) is 0.512. The molecule has 0 aromatic heterocycles. The molecular weight excluding hydrogens is 795 g/mol. The van der Waals surface area contributed by atoms with Crippen molar-refractivity contribution < 1.29 is 42.6 Å². The molecule has 1 heterocycles. The van der Waals surface area contributed by atoms with Crippen LogP contribution in [0.15, 0.2) is 55.9 Å². The van der Waals surface area contributed by atoms with Crippen LogP contribution in [0, 0.1) is 62.3 Å². The number of aliphatic carboxylic acids is 1. The number of hydrogen-bond acceptors (Lipinski definition) is 7. The van der Waals surface area contributed by atoms with Gasteiger partial charge in [0.1, 0.15) is 0 Å². The summed E-state index contributed by atoms with van der Waals surface area (Å²) in [5.41, 5.74) is 12.6. The molecule has 1 aliphatic rings. The van der Waals surface area contributed by atoms with Crippen molar-refractivity contribution in [3.63, 3.8) is 0 Å². The van der Waals surface area contributed by atoms with Crippen LogP contribution in [-0.4, -0.2) is 54.2 Å². The third-order valence-corrected chi connectivity index (χ3v) is 7.02. The molecular formula is C41H62F3N8O2Ru. The number of rotatable bonds is 6. The topological polar surface area (TPSA) is 138 Å². The van der Waals surface area contributed by atoms with Gasteiger partial charge in [0, 0.05) is 0 Å². The number of nitrogens with zero attached hydrogens (tertiary/aromatic N) is 8. The normalized spacial score (nSPS) is 11.4. The summed E-state index contributed by atoms with van der Waals surface area (Å²) in [5.74, 6) is 1.31. The molecule has 1 radical (unpaired) electrons. The monoisotopic (exact) mass is 857 g/mol. The van der Waals surface area contributed by atoms with Gasteiger partial charge in [-0.05, 0) is 118 Å². The van der Waals surface area contributed by atoms with Gasteiger partial charge in [-0.2, -0.15) is 23.0 Å². The molecule has 55 heavy (non-hydrogen) atoms. The number of azo groups is 2. The molecule has 14 heteroatoms. The summed E-state index contributed by atoms with van der Waals surface area (Å²) in [6.07, 6.45) is -3.31. The molecule has 0 unspecified atom stereocenters. The average Bonchev–Trinajstić information content (AvgIpc) is 3.52. The predicted octanol–water partition coefficient (Wildman–Crippen LogP) is 12.1. The molecule has 0 aliphatic carbocycles. The van der Waals surface area contributed by atoms with E-state index >= 15 is 0 Å². The summed E-state index contributed by atoms with van der Waals surface area (Å²) in [4.78, 5) is 13.7. The number of hydrogen-bond donors (Lipinski definition) is 1. The van der Waals surface area contributed by atoms with Gasteiger partial charge in [-0.1, -0.05) is 60.4 Å². The quantitative estimate of drug-likeness (QED) is 0.134. The van der Waals surface area contributed by atoms with Crippen LogP contribution in [0.2, 0.25) is 0 Å². The summed E-state index contributed by atoms with van der Waals surface area (Å²) in [6.45, 7) is 33.0. The molecule has 1 saturated heterocycles. The van der Waals surface area contributed by atoms with Crippen LogP contribution < -0.4 is 9.80 Å². The molecule has 2 aromatic carbocycles. The molecule has 1 N–H and O–H groups in total. The third-order valence-electron chi connectivity index (χ3n) is 7.02. The maximum absolute atomic E-state index is 10.6. The Labute approximate surface area is 342 Å². The van der Waals surface area contributed by atoms with Crippen molar-refractivity contribution in [2.45, 2.75) is 128 Å². The van der Waals surface area contributed by atoms with E-state index in [-0.39, 0.29) is 19.5 Å². The Morgan fingerprint density at radius 2 is 1.02 bits per heavy atom. The zero-order valence-corrected chi connectivity index (χ0v) is 36.9. The first-order valence-electron chi connectivity index (χ1n) is 17.6. The Kier molecular flexibility index (Phi) is 32.2. The molecule has 10 nitrogen and oxygen atoms in total. The Morgan fingerprint density at radius 3 is 1.15 bits per heavy atom. The van der Waals surface area contributed by atoms with Gasteiger partial charge in [0.05, 0.1) is 36.5 Å². The van der Waals surface area contributed by atoms with Gasteiger partial charge in [0.15, 0.2) is 0 Å². The zero-order valence-electron chi connectivity index (χ0n) is 35.2. The summed E-state index contributed by atoms with van der Waals surface area (Å²) < 4.78 is 31.7. The minimum absolute atomic E-state index is 0. The van der Waals surface area contributed by atoms with Gasteiger partial charge in [0.2, 0.25) is 0 Å². The van der Waals surface area contributed by atoms with Gasteiger partial charge in [-0.25, -0.2) is 15.0 Å². The second-order valence-corrected chi connectivity index (χ2v) is 13.0. The minimum Gasteiger partial charge on any atom is -0.763 e. The van der Waals surface area contributed by atoms with E-state index in [0.29, 0.717) is 12.1 Å². The van der Waals surface area contributed by atoms with Crippen LogP contribution in [0.3, 0.4) is 0 Å². The van der Waals surface area contributed by atoms with E-state index in [4.69, 9.17) is 20.7 Å². The van der Waals surface area contributed by atoms with Crippen LogP contribution >= 0.6 is 0 Å². The molecule has 307 valence electrons. The van der Waals surface area contributed by atoms with Crippen molar-refractivity contribution in [1.82, 2.24) is 0 Å². The Balaban J connectivity index is -0.000000335. The molecule has 1 fully saturated rings. The smallest absolute Gasteiger partial charge is 0.763 e. The van der Waals surface area contributed by atoms with Gasteiger partial charge in [0.25, 0.3) is 6.67 Å². The van der Waals surface area contributed by atoms with E-state index in [2.05, 4.69) is 117 Å². The van der Waals surface area contributed by atoms with Gasteiger partial charge in [-0.3, -0.25) is 25.8 Å². The van der Waals surface area contributed by atoms with Crippen molar-refractivity contribution in [3.05, 3.63) is 100 Å². The number of carboxylic acid groups (broad SMARTS) is 1. The molecule has 2 aromatic rings. The maximum Gasteiger partial charge on any atom is 3.00 e. The van der Waals surface area contributed by atoms with Crippen molar-refractivity contribution in [3.8, 4) is 0 Å². The van der Waals surface area contributed by atoms with E-state index in [1.807, 2.05) is 67.1 Å². The van der Waals surface area contributed by atoms with Crippen LogP contribution in [0.25, 0.3) is 10.8 Å². The summed E-state index contributed by atoms with van der Waals surface area (Å²) >= 11 is 0. The fourth-order valence-corrected chi connectivity index (χ4v) is 4.57. The van der Waals surface area contributed by atoms with Gasteiger partial charge < -0.3 is 26.2 Å². The molecule has 0 bridgehead atoms. The summed E-state index contributed by atoms with van der Waals surface area (Å²) in [6, 6.07) is 9.70. The van der Waals surface area contributed by atoms with E-state index in [0.717, 1.165) is 37.1 Å². The van der Waals surface area contributed by atoms with Crippen LogP contribution in [0.4, 0.5) is 24.5 Å². The van der Waals surface area contributed by atoms with Crippen molar-refractivity contribution in [2.75, 3.05) is 22.9 Å². The molecule has 0 amide bonds. The van der Waals surface area contributed by atoms with Crippen LogP contribution in [0.1, 0.15) is 102 Å². The van der Waals surface area contributed by atoms with Crippen LogP contribution in [0.5, 0.6) is 0 Å². The number of alkyl halides is 3. The standard InChI is InChI=1S/C21H27N2.2C5H8N.2C4H9N2.C2HF3O2.Ru/c1-14-9-16(3)20(17(4)10-14)22-7-8-23(13-22)21-18(5)11-15(2)12-19(21)6;2*1-3-5(2)4-6;2*1-4(2)6-5-3;3-2(4,5)1(6)7;/h9-13H,7-8H2,1-6H3;2*3H2,1-2H3;2*4H,3H2,1-2H3;(H,6,7);/q+1;4*-1;;+3. The number of aryl methyl sites for hydroxylation is 6. The molecule has 0 spiro atoms. The Morgan fingerprint density at radius 1 is 0.764 bits per heavy atom. The largest absolute Gasteiger partial charge is 3.00 e. The predicted molar refractivity (Wildman–Crippen MR) is 220 cm³/mol. The molecule has 0 saturated carbocycles. The number of halogens is 3. The van der Waals surface area contributed by atoms with E-state index in [1.165, 1.54) is 44.8 Å². The van der Waals surface area contributed by atoms with Crippen molar-refractivity contribution in [2.24, 2.45) is 20.5 Å². The second kappa shape index (κ2) is 30.9. The fourth-order valence-electron chi connectivity index (χ4n) is 4.57. The number of carboxylic acids is 1. The summed E-state index contributed by atoms with van der Waals surface area (Å²) in [5, 5.41) is 37.1. The first kappa shape index (κ1) is 57.4. The number of allylic oxidation sites excluding steroid dienone is 2. The zero-order chi connectivity index (χ0) is 42.8. The second-order valence-electron chi connectivity index (χ2n) is 13.0. The summed E-state index contributed by atoms with van der Waals surface area (Å²) in [7, 11) is 6.37. The van der Waals surface area contributed by atoms with E-state index in [9.17, 15) is 13.2 Å². The number of carbonyl (C=O) groups is 1. The average molecular weight is 857 g/mol. The number of anilines is 2. The van der Waals surface area contributed by atoms with Gasteiger partial charge >= 0.3 is 31.6 Å². The third kappa shape index (κ3) is 27.0.